The lowest BCUT2D eigenvalue weighted by atomic mass is 10.2. The Bertz CT molecular complexity index is 1030. The predicted octanol–water partition coefficient (Wildman–Crippen LogP) is 4.44. The zero-order chi connectivity index (χ0) is 17.9. The number of rotatable bonds is 6. The summed E-state index contributed by atoms with van der Waals surface area (Å²) >= 11 is 3.20. The molecule has 0 bridgehead atoms. The van der Waals surface area contributed by atoms with Gasteiger partial charge < -0.3 is 14.8 Å². The van der Waals surface area contributed by atoms with Gasteiger partial charge in [-0.05, 0) is 29.1 Å². The summed E-state index contributed by atoms with van der Waals surface area (Å²) in [5.74, 6) is 1.98. The second kappa shape index (κ2) is 7.27. The van der Waals surface area contributed by atoms with E-state index in [9.17, 15) is 0 Å². The molecule has 4 aromatic rings. The molecule has 0 spiro atoms. The molecule has 0 saturated heterocycles. The minimum atomic E-state index is 0.577. The van der Waals surface area contributed by atoms with Gasteiger partial charge in [0.05, 0.1) is 24.4 Å². The Morgan fingerprint density at radius 1 is 1.00 bits per heavy atom. The van der Waals surface area contributed by atoms with Gasteiger partial charge in [0, 0.05) is 18.1 Å². The van der Waals surface area contributed by atoms with Gasteiger partial charge in [-0.15, -0.1) is 22.7 Å². The summed E-state index contributed by atoms with van der Waals surface area (Å²) in [7, 11) is 3.25. The fourth-order valence-corrected chi connectivity index (χ4v) is 4.12. The van der Waals surface area contributed by atoms with Crippen molar-refractivity contribution in [2.24, 2.45) is 0 Å². The first-order valence-electron chi connectivity index (χ1n) is 7.88. The van der Waals surface area contributed by atoms with Crippen molar-refractivity contribution in [1.82, 2.24) is 15.0 Å². The van der Waals surface area contributed by atoms with E-state index in [1.807, 2.05) is 35.0 Å². The summed E-state index contributed by atoms with van der Waals surface area (Å²) in [6.07, 6.45) is 1.79. The second-order valence-corrected chi connectivity index (χ2v) is 7.22. The molecule has 0 fully saturated rings. The Kier molecular flexibility index (Phi) is 4.68. The number of ether oxygens (including phenoxy) is 2. The van der Waals surface area contributed by atoms with Crippen LogP contribution < -0.4 is 14.8 Å². The van der Waals surface area contributed by atoms with Crippen molar-refractivity contribution in [3.8, 4) is 22.2 Å². The largest absolute Gasteiger partial charge is 0.493 e. The number of thiazole rings is 1. The van der Waals surface area contributed by atoms with E-state index >= 15 is 0 Å². The number of anilines is 1. The molecule has 4 rings (SSSR count). The van der Waals surface area contributed by atoms with Crippen LogP contribution in [0.3, 0.4) is 0 Å². The maximum atomic E-state index is 5.35. The maximum Gasteiger partial charge on any atom is 0.224 e. The molecule has 26 heavy (non-hydrogen) atoms. The molecule has 132 valence electrons. The highest BCUT2D eigenvalue weighted by atomic mass is 32.1. The standard InChI is InChI=1S/C18H16N4O2S2/c1-23-13-4-3-11(9-14(13)24-2)10-20-18-21-12-5-7-25-16(12)15(22-18)17-19-6-8-26-17/h3-9H,10H2,1-2H3,(H,20,21,22). The van der Waals surface area contributed by atoms with E-state index in [0.29, 0.717) is 24.0 Å². The predicted molar refractivity (Wildman–Crippen MR) is 105 cm³/mol. The number of fused-ring (bicyclic) bond motifs is 1. The fourth-order valence-electron chi connectivity index (χ4n) is 2.60. The number of methoxy groups -OCH3 is 2. The van der Waals surface area contributed by atoms with Crippen molar-refractivity contribution < 1.29 is 9.47 Å². The number of hydrogen-bond acceptors (Lipinski definition) is 8. The first-order valence-corrected chi connectivity index (χ1v) is 9.64. The van der Waals surface area contributed by atoms with Crippen LogP contribution in [0.1, 0.15) is 5.56 Å². The smallest absolute Gasteiger partial charge is 0.224 e. The minimum absolute atomic E-state index is 0.577. The first-order chi connectivity index (χ1) is 12.8. The Labute approximate surface area is 158 Å². The lowest BCUT2D eigenvalue weighted by molar-refractivity contribution is 0.354. The van der Waals surface area contributed by atoms with Gasteiger partial charge in [-0.2, -0.15) is 0 Å². The van der Waals surface area contributed by atoms with Crippen molar-refractivity contribution in [3.63, 3.8) is 0 Å². The number of benzene rings is 1. The third kappa shape index (κ3) is 3.21. The lowest BCUT2D eigenvalue weighted by Gasteiger charge is -2.11. The van der Waals surface area contributed by atoms with Crippen LogP contribution in [-0.4, -0.2) is 29.2 Å². The van der Waals surface area contributed by atoms with Gasteiger partial charge in [-0.3, -0.25) is 0 Å². The lowest BCUT2D eigenvalue weighted by Crippen LogP contribution is -2.05. The third-order valence-corrected chi connectivity index (χ3v) is 5.53. The van der Waals surface area contributed by atoms with E-state index in [0.717, 1.165) is 26.5 Å². The van der Waals surface area contributed by atoms with Gasteiger partial charge in [0.2, 0.25) is 5.95 Å². The molecular formula is C18H16N4O2S2. The molecule has 0 saturated carbocycles. The second-order valence-electron chi connectivity index (χ2n) is 5.41. The molecule has 1 aromatic carbocycles. The third-order valence-electron chi connectivity index (χ3n) is 3.84. The normalized spacial score (nSPS) is 10.8. The topological polar surface area (TPSA) is 69.2 Å². The summed E-state index contributed by atoms with van der Waals surface area (Å²) < 4.78 is 11.7. The first kappa shape index (κ1) is 16.7. The zero-order valence-corrected chi connectivity index (χ0v) is 15.9. The highest BCUT2D eigenvalue weighted by molar-refractivity contribution is 7.18. The molecule has 0 amide bonds. The van der Waals surface area contributed by atoms with Crippen LogP contribution in [0.25, 0.3) is 20.9 Å². The van der Waals surface area contributed by atoms with E-state index in [-0.39, 0.29) is 0 Å². The zero-order valence-electron chi connectivity index (χ0n) is 14.2. The molecule has 0 atom stereocenters. The Balaban J connectivity index is 1.62. The summed E-state index contributed by atoms with van der Waals surface area (Å²) in [4.78, 5) is 13.7. The number of nitrogens with one attached hydrogen (secondary N) is 1. The fraction of sp³-hybridized carbons (Fsp3) is 0.167. The summed E-state index contributed by atoms with van der Waals surface area (Å²) in [5.41, 5.74) is 2.84. The van der Waals surface area contributed by atoms with Crippen molar-refractivity contribution >= 4 is 38.8 Å². The molecule has 3 heterocycles. The molecular weight excluding hydrogens is 368 g/mol. The highest BCUT2D eigenvalue weighted by Crippen LogP contribution is 2.32. The number of hydrogen-bond donors (Lipinski definition) is 1. The SMILES string of the molecule is COc1ccc(CNc2nc(-c3nccs3)c3sccc3n2)cc1OC. The molecule has 0 aliphatic heterocycles. The minimum Gasteiger partial charge on any atom is -0.493 e. The Morgan fingerprint density at radius 2 is 1.88 bits per heavy atom. The van der Waals surface area contributed by atoms with Gasteiger partial charge in [0.1, 0.15) is 10.7 Å². The molecule has 0 aliphatic carbocycles. The van der Waals surface area contributed by atoms with Crippen molar-refractivity contribution in [1.29, 1.82) is 0 Å². The van der Waals surface area contributed by atoms with Crippen LogP contribution in [-0.2, 0) is 6.54 Å². The molecule has 8 heteroatoms. The summed E-state index contributed by atoms with van der Waals surface area (Å²) in [6, 6.07) is 7.82. The molecule has 1 N–H and O–H groups in total. The van der Waals surface area contributed by atoms with E-state index in [2.05, 4.69) is 20.3 Å². The Hall–Kier alpha value is -2.71. The summed E-state index contributed by atoms with van der Waals surface area (Å²) in [6.45, 7) is 0.577. The molecule has 0 radical (unpaired) electrons. The quantitative estimate of drug-likeness (QED) is 0.530. The van der Waals surface area contributed by atoms with Crippen molar-refractivity contribution in [2.45, 2.75) is 6.54 Å². The van der Waals surface area contributed by atoms with Crippen LogP contribution >= 0.6 is 22.7 Å². The van der Waals surface area contributed by atoms with E-state index in [1.54, 1.807) is 43.1 Å². The van der Waals surface area contributed by atoms with Crippen LogP contribution in [0.15, 0.2) is 41.2 Å². The van der Waals surface area contributed by atoms with Crippen LogP contribution in [0.2, 0.25) is 0 Å². The highest BCUT2D eigenvalue weighted by Gasteiger charge is 2.13. The molecule has 0 aliphatic rings. The van der Waals surface area contributed by atoms with Gasteiger partial charge in [-0.25, -0.2) is 15.0 Å². The van der Waals surface area contributed by atoms with Gasteiger partial charge in [0.25, 0.3) is 0 Å². The average molecular weight is 384 g/mol. The van der Waals surface area contributed by atoms with Crippen LogP contribution in [0.4, 0.5) is 5.95 Å². The monoisotopic (exact) mass is 384 g/mol. The van der Waals surface area contributed by atoms with Crippen LogP contribution in [0, 0.1) is 0 Å². The van der Waals surface area contributed by atoms with E-state index in [4.69, 9.17) is 9.47 Å². The molecule has 0 unspecified atom stereocenters. The van der Waals surface area contributed by atoms with Crippen molar-refractivity contribution in [3.05, 3.63) is 46.8 Å². The number of nitrogens with zero attached hydrogens (tertiary/aromatic N) is 3. The Morgan fingerprint density at radius 3 is 2.65 bits per heavy atom. The van der Waals surface area contributed by atoms with Crippen LogP contribution in [0.5, 0.6) is 11.5 Å². The van der Waals surface area contributed by atoms with Gasteiger partial charge >= 0.3 is 0 Å². The number of aromatic nitrogens is 3. The van der Waals surface area contributed by atoms with Crippen molar-refractivity contribution in [2.75, 3.05) is 19.5 Å². The average Bonchev–Trinajstić information content (AvgIpc) is 3.37. The van der Waals surface area contributed by atoms with E-state index < -0.39 is 0 Å². The van der Waals surface area contributed by atoms with Gasteiger partial charge in [0.15, 0.2) is 11.5 Å². The maximum absolute atomic E-state index is 5.35. The molecule has 3 aromatic heterocycles. The molecule has 6 nitrogen and oxygen atoms in total. The number of thiophene rings is 1. The summed E-state index contributed by atoms with van der Waals surface area (Å²) in [5, 5.41) is 8.17. The van der Waals surface area contributed by atoms with Gasteiger partial charge in [-0.1, -0.05) is 6.07 Å². The van der Waals surface area contributed by atoms with E-state index in [1.165, 1.54) is 0 Å².